The molecule has 4 aromatic carbocycles. The van der Waals surface area contributed by atoms with Crippen LogP contribution in [0, 0.1) is 0 Å². The minimum Gasteiger partial charge on any atom is -0.497 e. The van der Waals surface area contributed by atoms with Gasteiger partial charge in [0.05, 0.1) is 14.2 Å². The predicted molar refractivity (Wildman–Crippen MR) is 132 cm³/mol. The Kier molecular flexibility index (Phi) is 5.70. The molecule has 0 aliphatic carbocycles. The molecule has 34 heavy (non-hydrogen) atoms. The summed E-state index contributed by atoms with van der Waals surface area (Å²) in [6.07, 6.45) is 0. The van der Waals surface area contributed by atoms with E-state index in [0.29, 0.717) is 39.7 Å². The van der Waals surface area contributed by atoms with Gasteiger partial charge in [-0.15, -0.1) is 0 Å². The van der Waals surface area contributed by atoms with Crippen LogP contribution in [0.2, 0.25) is 0 Å². The van der Waals surface area contributed by atoms with Crippen molar-refractivity contribution >= 4 is 22.7 Å². The highest BCUT2D eigenvalue weighted by molar-refractivity contribution is 6.05. The number of hydrogen-bond donors (Lipinski definition) is 1. The lowest BCUT2D eigenvalue weighted by atomic mass is 10.0. The molecule has 1 N–H and O–H groups in total. The van der Waals surface area contributed by atoms with E-state index in [2.05, 4.69) is 22.4 Å². The van der Waals surface area contributed by atoms with Crippen LogP contribution in [0.25, 0.3) is 33.7 Å². The lowest BCUT2D eigenvalue weighted by Crippen LogP contribution is -2.12. The Morgan fingerprint density at radius 2 is 1.41 bits per heavy atom. The molecule has 0 saturated heterocycles. The van der Waals surface area contributed by atoms with Gasteiger partial charge in [-0.25, -0.2) is 4.98 Å². The first-order valence-corrected chi connectivity index (χ1v) is 10.7. The molecule has 0 aliphatic rings. The number of rotatable bonds is 6. The average Bonchev–Trinajstić information content (AvgIpc) is 3.32. The Balaban J connectivity index is 1.37. The van der Waals surface area contributed by atoms with Gasteiger partial charge in [0.15, 0.2) is 5.58 Å². The Morgan fingerprint density at radius 3 is 2.09 bits per heavy atom. The summed E-state index contributed by atoms with van der Waals surface area (Å²) in [6, 6.07) is 28.7. The summed E-state index contributed by atoms with van der Waals surface area (Å²) >= 11 is 0. The normalized spacial score (nSPS) is 10.8. The van der Waals surface area contributed by atoms with Gasteiger partial charge in [0, 0.05) is 22.9 Å². The zero-order chi connectivity index (χ0) is 23.5. The Morgan fingerprint density at radius 1 is 0.765 bits per heavy atom. The van der Waals surface area contributed by atoms with Crippen LogP contribution < -0.4 is 14.8 Å². The SMILES string of the molecule is COc1cc(OC)cc(C(=O)Nc2ccc3oc(-c4ccc(-c5ccccc5)cc4)nc3c2)c1. The maximum atomic E-state index is 12.8. The van der Waals surface area contributed by atoms with E-state index in [4.69, 9.17) is 13.9 Å². The van der Waals surface area contributed by atoms with Gasteiger partial charge in [0.25, 0.3) is 5.91 Å². The van der Waals surface area contributed by atoms with Crippen LogP contribution in [0.5, 0.6) is 11.5 Å². The quantitative estimate of drug-likeness (QED) is 0.323. The first kappa shape index (κ1) is 21.3. The van der Waals surface area contributed by atoms with E-state index in [-0.39, 0.29) is 5.91 Å². The zero-order valence-electron chi connectivity index (χ0n) is 18.7. The number of hydrogen-bond acceptors (Lipinski definition) is 5. The van der Waals surface area contributed by atoms with Crippen molar-refractivity contribution in [2.24, 2.45) is 0 Å². The van der Waals surface area contributed by atoms with E-state index in [1.165, 1.54) is 0 Å². The van der Waals surface area contributed by atoms with E-state index >= 15 is 0 Å². The molecule has 5 aromatic rings. The molecule has 0 saturated carbocycles. The molecule has 1 aromatic heterocycles. The number of ether oxygens (including phenoxy) is 2. The smallest absolute Gasteiger partial charge is 0.255 e. The standard InChI is InChI=1S/C28H22N2O4/c1-32-23-14-21(15-24(17-23)33-2)27(31)29-22-12-13-26-25(16-22)30-28(34-26)20-10-8-19(9-11-20)18-6-4-3-5-7-18/h3-17H,1-2H3,(H,29,31). The average molecular weight is 450 g/mol. The fourth-order valence-electron chi connectivity index (χ4n) is 3.71. The van der Waals surface area contributed by atoms with Gasteiger partial charge in [-0.1, -0.05) is 42.5 Å². The first-order chi connectivity index (χ1) is 16.6. The molecule has 168 valence electrons. The molecule has 0 spiro atoms. The Hall–Kier alpha value is -4.58. The molecular weight excluding hydrogens is 428 g/mol. The van der Waals surface area contributed by atoms with Crippen molar-refractivity contribution in [3.05, 3.63) is 96.6 Å². The number of carbonyl (C=O) groups excluding carboxylic acids is 1. The number of benzene rings is 4. The molecule has 6 heteroatoms. The second kappa shape index (κ2) is 9.11. The second-order valence-electron chi connectivity index (χ2n) is 7.70. The highest BCUT2D eigenvalue weighted by atomic mass is 16.5. The second-order valence-corrected chi connectivity index (χ2v) is 7.70. The number of carbonyl (C=O) groups is 1. The monoisotopic (exact) mass is 450 g/mol. The van der Waals surface area contributed by atoms with Crippen molar-refractivity contribution in [2.75, 3.05) is 19.5 Å². The van der Waals surface area contributed by atoms with Gasteiger partial charge in [-0.05, 0) is 53.6 Å². The summed E-state index contributed by atoms with van der Waals surface area (Å²) in [5.41, 5.74) is 5.49. The number of anilines is 1. The highest BCUT2D eigenvalue weighted by Crippen LogP contribution is 2.29. The van der Waals surface area contributed by atoms with Gasteiger partial charge in [-0.3, -0.25) is 4.79 Å². The largest absolute Gasteiger partial charge is 0.497 e. The van der Waals surface area contributed by atoms with Gasteiger partial charge in [0.1, 0.15) is 17.0 Å². The molecule has 0 aliphatic heterocycles. The lowest BCUT2D eigenvalue weighted by molar-refractivity contribution is 0.102. The number of fused-ring (bicyclic) bond motifs is 1. The zero-order valence-corrected chi connectivity index (χ0v) is 18.7. The van der Waals surface area contributed by atoms with Gasteiger partial charge in [0.2, 0.25) is 5.89 Å². The maximum Gasteiger partial charge on any atom is 0.255 e. The van der Waals surface area contributed by atoms with Crippen molar-refractivity contribution < 1.29 is 18.7 Å². The lowest BCUT2D eigenvalue weighted by Gasteiger charge is -2.09. The van der Waals surface area contributed by atoms with Crippen molar-refractivity contribution in [2.45, 2.75) is 0 Å². The summed E-state index contributed by atoms with van der Waals surface area (Å²) in [5.74, 6) is 1.33. The van der Waals surface area contributed by atoms with Crippen LogP contribution in [0.4, 0.5) is 5.69 Å². The van der Waals surface area contributed by atoms with Crippen LogP contribution in [0.15, 0.2) is 95.4 Å². The third-order valence-electron chi connectivity index (χ3n) is 5.50. The molecule has 0 fully saturated rings. The Labute approximate surface area is 196 Å². The van der Waals surface area contributed by atoms with Crippen molar-refractivity contribution in [3.63, 3.8) is 0 Å². The number of nitrogens with zero attached hydrogens (tertiary/aromatic N) is 1. The molecule has 0 atom stereocenters. The molecule has 0 unspecified atom stereocenters. The summed E-state index contributed by atoms with van der Waals surface area (Å²) < 4.78 is 16.4. The molecule has 1 amide bonds. The number of amides is 1. The van der Waals surface area contributed by atoms with Crippen LogP contribution in [0.3, 0.4) is 0 Å². The molecule has 0 radical (unpaired) electrons. The van der Waals surface area contributed by atoms with Crippen LogP contribution in [-0.2, 0) is 0 Å². The van der Waals surface area contributed by atoms with Crippen molar-refractivity contribution in [1.29, 1.82) is 0 Å². The third-order valence-corrected chi connectivity index (χ3v) is 5.50. The maximum absolute atomic E-state index is 12.8. The third kappa shape index (κ3) is 4.34. The minimum absolute atomic E-state index is 0.281. The van der Waals surface area contributed by atoms with Crippen molar-refractivity contribution in [3.8, 4) is 34.1 Å². The molecule has 0 bridgehead atoms. The molecule has 5 rings (SSSR count). The fourth-order valence-corrected chi connectivity index (χ4v) is 3.71. The molecule has 6 nitrogen and oxygen atoms in total. The Bertz CT molecular complexity index is 1440. The van der Waals surface area contributed by atoms with E-state index in [0.717, 1.165) is 16.7 Å². The van der Waals surface area contributed by atoms with E-state index in [1.54, 1.807) is 50.6 Å². The summed E-state index contributed by atoms with van der Waals surface area (Å²) in [7, 11) is 3.09. The number of oxazole rings is 1. The van der Waals surface area contributed by atoms with Crippen LogP contribution >= 0.6 is 0 Å². The van der Waals surface area contributed by atoms with Crippen molar-refractivity contribution in [1.82, 2.24) is 4.98 Å². The number of nitrogens with one attached hydrogen (secondary N) is 1. The molecular formula is C28H22N2O4. The van der Waals surface area contributed by atoms with E-state index < -0.39 is 0 Å². The predicted octanol–water partition coefficient (Wildman–Crippen LogP) is 6.43. The fraction of sp³-hybridized carbons (Fsp3) is 0.0714. The van der Waals surface area contributed by atoms with E-state index in [9.17, 15) is 4.79 Å². The van der Waals surface area contributed by atoms with E-state index in [1.807, 2.05) is 42.5 Å². The van der Waals surface area contributed by atoms with Crippen LogP contribution in [0.1, 0.15) is 10.4 Å². The first-order valence-electron chi connectivity index (χ1n) is 10.7. The van der Waals surface area contributed by atoms with Gasteiger partial charge in [-0.2, -0.15) is 0 Å². The minimum atomic E-state index is -0.281. The number of aromatic nitrogens is 1. The highest BCUT2D eigenvalue weighted by Gasteiger charge is 2.13. The topological polar surface area (TPSA) is 73.6 Å². The van der Waals surface area contributed by atoms with Gasteiger partial charge < -0.3 is 19.2 Å². The summed E-state index contributed by atoms with van der Waals surface area (Å²) in [4.78, 5) is 17.4. The van der Waals surface area contributed by atoms with Gasteiger partial charge >= 0.3 is 0 Å². The van der Waals surface area contributed by atoms with Crippen LogP contribution in [-0.4, -0.2) is 25.1 Å². The number of methoxy groups -OCH3 is 2. The summed E-state index contributed by atoms with van der Waals surface area (Å²) in [6.45, 7) is 0. The summed E-state index contributed by atoms with van der Waals surface area (Å²) in [5, 5.41) is 2.90. The molecule has 1 heterocycles.